The van der Waals surface area contributed by atoms with Crippen LogP contribution in [0.25, 0.3) is 0 Å². The molecule has 1 fully saturated rings. The van der Waals surface area contributed by atoms with Gasteiger partial charge in [0.25, 0.3) is 0 Å². The number of aliphatic hydroxyl groups excluding tert-OH is 2. The number of nitrogens with one attached hydrogen (secondary N) is 1. The highest BCUT2D eigenvalue weighted by Gasteiger charge is 2.29. The summed E-state index contributed by atoms with van der Waals surface area (Å²) in [5, 5.41) is 22.1. The number of halogens is 1. The summed E-state index contributed by atoms with van der Waals surface area (Å²) in [7, 11) is 0. The Balaban J connectivity index is 2.31. The fourth-order valence-corrected chi connectivity index (χ4v) is 1.74. The monoisotopic (exact) mass is 271 g/mol. The molecular formula is C12H18ClN3O2. The van der Waals surface area contributed by atoms with Gasteiger partial charge in [-0.05, 0) is 26.7 Å². The zero-order chi connectivity index (χ0) is 13.3. The maximum atomic E-state index is 9.30. The number of hydrogen-bond acceptors (Lipinski definition) is 5. The zero-order valence-corrected chi connectivity index (χ0v) is 11.3. The fourth-order valence-electron chi connectivity index (χ4n) is 1.57. The van der Waals surface area contributed by atoms with Gasteiger partial charge in [-0.3, -0.25) is 0 Å². The summed E-state index contributed by atoms with van der Waals surface area (Å²) in [6.45, 7) is 3.16. The van der Waals surface area contributed by atoms with Gasteiger partial charge in [0.2, 0.25) is 0 Å². The molecule has 0 unspecified atom stereocenters. The van der Waals surface area contributed by atoms with E-state index in [0.717, 1.165) is 24.2 Å². The molecule has 3 N–H and O–H groups in total. The molecule has 1 aliphatic rings. The Hall–Kier alpha value is -0.910. The highest BCUT2D eigenvalue weighted by Crippen LogP contribution is 2.39. The Kier molecular flexibility index (Phi) is 3.75. The largest absolute Gasteiger partial charge is 0.394 e. The molecule has 18 heavy (non-hydrogen) atoms. The predicted octanol–water partition coefficient (Wildman–Crippen LogP) is 1.47. The lowest BCUT2D eigenvalue weighted by Gasteiger charge is -2.28. The van der Waals surface area contributed by atoms with Gasteiger partial charge < -0.3 is 15.5 Å². The minimum absolute atomic E-state index is 0.191. The molecule has 100 valence electrons. The van der Waals surface area contributed by atoms with Gasteiger partial charge in [-0.2, -0.15) is 0 Å². The molecule has 0 aliphatic heterocycles. The highest BCUT2D eigenvalue weighted by atomic mass is 35.5. The standard InChI is InChI=1S/C12H18ClN3O2/c1-7-9(13)14-11(8-3-4-8)15-10(7)16-12(2,5-17)6-18/h8,17-18H,3-6H2,1-2H3,(H,14,15,16). The Bertz CT molecular complexity index is 445. The van der Waals surface area contributed by atoms with Crippen LogP contribution in [0, 0.1) is 6.92 Å². The summed E-state index contributed by atoms with van der Waals surface area (Å²) < 4.78 is 0. The number of hydrogen-bond donors (Lipinski definition) is 3. The fraction of sp³-hybridized carbons (Fsp3) is 0.667. The third kappa shape index (κ3) is 2.74. The van der Waals surface area contributed by atoms with Crippen LogP contribution >= 0.6 is 11.6 Å². The van der Waals surface area contributed by atoms with E-state index in [2.05, 4.69) is 15.3 Å². The van der Waals surface area contributed by atoms with Gasteiger partial charge in [-0.1, -0.05) is 11.6 Å². The summed E-state index contributed by atoms with van der Waals surface area (Å²) in [6.07, 6.45) is 2.19. The Morgan fingerprint density at radius 3 is 2.44 bits per heavy atom. The molecule has 1 saturated carbocycles. The molecule has 6 heteroatoms. The molecule has 0 amide bonds. The van der Waals surface area contributed by atoms with Gasteiger partial charge >= 0.3 is 0 Å². The van der Waals surface area contributed by atoms with Crippen LogP contribution in [0.4, 0.5) is 5.82 Å². The summed E-state index contributed by atoms with van der Waals surface area (Å²) in [6, 6.07) is 0. The van der Waals surface area contributed by atoms with Crippen molar-refractivity contribution in [3.63, 3.8) is 0 Å². The number of anilines is 1. The molecule has 5 nitrogen and oxygen atoms in total. The minimum Gasteiger partial charge on any atom is -0.394 e. The van der Waals surface area contributed by atoms with Gasteiger partial charge in [-0.15, -0.1) is 0 Å². The Labute approximate surface area is 111 Å². The minimum atomic E-state index is -0.816. The third-order valence-electron chi connectivity index (χ3n) is 3.16. The summed E-state index contributed by atoms with van der Waals surface area (Å²) >= 11 is 6.09. The lowest BCUT2D eigenvalue weighted by Crippen LogP contribution is -2.43. The molecule has 0 atom stereocenters. The van der Waals surface area contributed by atoms with E-state index in [9.17, 15) is 10.2 Å². The van der Waals surface area contributed by atoms with Gasteiger partial charge in [-0.25, -0.2) is 9.97 Å². The summed E-state index contributed by atoms with van der Waals surface area (Å²) in [5.41, 5.74) is -0.0855. The first-order valence-electron chi connectivity index (χ1n) is 6.03. The van der Waals surface area contributed by atoms with Crippen molar-refractivity contribution >= 4 is 17.4 Å². The molecule has 0 saturated heterocycles. The van der Waals surface area contributed by atoms with Crippen LogP contribution in [-0.4, -0.2) is 38.9 Å². The van der Waals surface area contributed by atoms with E-state index in [4.69, 9.17) is 11.6 Å². The van der Waals surface area contributed by atoms with E-state index < -0.39 is 5.54 Å². The molecule has 0 radical (unpaired) electrons. The van der Waals surface area contributed by atoms with Crippen LogP contribution in [0.5, 0.6) is 0 Å². The molecule has 1 aromatic heterocycles. The van der Waals surface area contributed by atoms with Gasteiger partial charge in [0.15, 0.2) is 0 Å². The maximum absolute atomic E-state index is 9.30. The predicted molar refractivity (Wildman–Crippen MR) is 70.0 cm³/mol. The van der Waals surface area contributed by atoms with E-state index in [1.54, 1.807) is 6.92 Å². The average molecular weight is 272 g/mol. The first kappa shape index (κ1) is 13.5. The molecule has 1 heterocycles. The topological polar surface area (TPSA) is 78.3 Å². The van der Waals surface area contributed by atoms with Crippen molar-refractivity contribution in [2.24, 2.45) is 0 Å². The van der Waals surface area contributed by atoms with Crippen molar-refractivity contribution in [3.05, 3.63) is 16.5 Å². The molecule has 0 spiro atoms. The number of aromatic nitrogens is 2. The second-order valence-corrected chi connectivity index (χ2v) is 5.48. The van der Waals surface area contributed by atoms with Crippen molar-refractivity contribution in [3.8, 4) is 0 Å². The van der Waals surface area contributed by atoms with Gasteiger partial charge in [0.05, 0.1) is 18.8 Å². The van der Waals surface area contributed by atoms with Crippen LogP contribution in [0.1, 0.15) is 37.1 Å². The van der Waals surface area contributed by atoms with Gasteiger partial charge in [0.1, 0.15) is 16.8 Å². The van der Waals surface area contributed by atoms with E-state index in [1.165, 1.54) is 0 Å². The lowest BCUT2D eigenvalue weighted by atomic mass is 10.1. The van der Waals surface area contributed by atoms with Crippen LogP contribution < -0.4 is 5.32 Å². The van der Waals surface area contributed by atoms with E-state index in [1.807, 2.05) is 6.92 Å². The van der Waals surface area contributed by atoms with Crippen LogP contribution in [0.2, 0.25) is 5.15 Å². The van der Waals surface area contributed by atoms with Crippen LogP contribution in [0.15, 0.2) is 0 Å². The van der Waals surface area contributed by atoms with Crippen molar-refractivity contribution in [1.82, 2.24) is 9.97 Å². The normalized spacial score (nSPS) is 15.8. The van der Waals surface area contributed by atoms with Crippen LogP contribution in [-0.2, 0) is 0 Å². The molecule has 1 aromatic rings. The first-order valence-corrected chi connectivity index (χ1v) is 6.41. The van der Waals surface area contributed by atoms with Crippen molar-refractivity contribution < 1.29 is 10.2 Å². The summed E-state index contributed by atoms with van der Waals surface area (Å²) in [4.78, 5) is 8.71. The van der Waals surface area contributed by atoms with E-state index in [0.29, 0.717) is 16.9 Å². The Morgan fingerprint density at radius 1 is 1.33 bits per heavy atom. The molecule has 2 rings (SSSR count). The average Bonchev–Trinajstić information content (AvgIpc) is 3.18. The Morgan fingerprint density at radius 2 is 1.94 bits per heavy atom. The maximum Gasteiger partial charge on any atom is 0.137 e. The number of rotatable bonds is 5. The quantitative estimate of drug-likeness (QED) is 0.707. The van der Waals surface area contributed by atoms with Crippen molar-refractivity contribution in [1.29, 1.82) is 0 Å². The molecule has 0 aromatic carbocycles. The van der Waals surface area contributed by atoms with E-state index in [-0.39, 0.29) is 13.2 Å². The number of aliphatic hydroxyl groups is 2. The molecule has 1 aliphatic carbocycles. The number of nitrogens with zero attached hydrogens (tertiary/aromatic N) is 2. The second kappa shape index (κ2) is 4.99. The highest BCUT2D eigenvalue weighted by molar-refractivity contribution is 6.30. The summed E-state index contributed by atoms with van der Waals surface area (Å²) in [5.74, 6) is 1.73. The van der Waals surface area contributed by atoms with Crippen molar-refractivity contribution in [2.75, 3.05) is 18.5 Å². The SMILES string of the molecule is Cc1c(Cl)nc(C2CC2)nc1NC(C)(CO)CO. The zero-order valence-electron chi connectivity index (χ0n) is 10.6. The lowest BCUT2D eigenvalue weighted by molar-refractivity contribution is 0.147. The van der Waals surface area contributed by atoms with E-state index >= 15 is 0 Å². The van der Waals surface area contributed by atoms with Crippen LogP contribution in [0.3, 0.4) is 0 Å². The van der Waals surface area contributed by atoms with Gasteiger partial charge in [0, 0.05) is 11.5 Å². The smallest absolute Gasteiger partial charge is 0.137 e. The first-order chi connectivity index (χ1) is 8.49. The molecular weight excluding hydrogens is 254 g/mol. The molecule has 0 bridgehead atoms. The van der Waals surface area contributed by atoms with Crippen molar-refractivity contribution in [2.45, 2.75) is 38.1 Å². The third-order valence-corrected chi connectivity index (χ3v) is 3.53. The second-order valence-electron chi connectivity index (χ2n) is 5.12.